The van der Waals surface area contributed by atoms with Crippen molar-refractivity contribution in [2.24, 2.45) is 5.92 Å². The normalized spacial score (nSPS) is 21.1. The standard InChI is InChI=1S/C23H33F3N2O2/c1-18-5-2-3-6-20(18)16-27-12-9-19(10-13-27)15-28(17-21-7-4-14-30-21)22(29)8-11-23(24,25)26/h2-3,5-6,19,21H,4,7-17H2,1H3/t21-/m0/s1. The third-order valence-electron chi connectivity index (χ3n) is 6.26. The number of aryl methyl sites for hydroxylation is 1. The number of carbonyl (C=O) groups excluding carboxylic acids is 1. The largest absolute Gasteiger partial charge is 0.389 e. The molecule has 2 saturated heterocycles. The minimum atomic E-state index is -4.30. The van der Waals surface area contributed by atoms with Crippen LogP contribution in [0.5, 0.6) is 0 Å². The number of hydrogen-bond acceptors (Lipinski definition) is 3. The van der Waals surface area contributed by atoms with Gasteiger partial charge in [0.2, 0.25) is 5.91 Å². The van der Waals surface area contributed by atoms with Crippen molar-refractivity contribution in [1.29, 1.82) is 0 Å². The van der Waals surface area contributed by atoms with Gasteiger partial charge in [0.15, 0.2) is 0 Å². The number of likely N-dealkylation sites (tertiary alicyclic amines) is 1. The van der Waals surface area contributed by atoms with Gasteiger partial charge in [-0.25, -0.2) is 0 Å². The van der Waals surface area contributed by atoms with Gasteiger partial charge in [0, 0.05) is 32.7 Å². The third kappa shape index (κ3) is 7.27. The van der Waals surface area contributed by atoms with Crippen LogP contribution in [0.2, 0.25) is 0 Å². The molecule has 7 heteroatoms. The van der Waals surface area contributed by atoms with Crippen LogP contribution in [0.15, 0.2) is 24.3 Å². The second-order valence-electron chi connectivity index (χ2n) is 8.69. The Morgan fingerprint density at radius 1 is 1.17 bits per heavy atom. The van der Waals surface area contributed by atoms with Crippen LogP contribution in [-0.2, 0) is 16.1 Å². The molecular formula is C23H33F3N2O2. The van der Waals surface area contributed by atoms with E-state index >= 15 is 0 Å². The first-order valence-electron chi connectivity index (χ1n) is 11.0. The zero-order valence-corrected chi connectivity index (χ0v) is 17.8. The number of benzene rings is 1. The Hall–Kier alpha value is -1.60. The van der Waals surface area contributed by atoms with E-state index in [-0.39, 0.29) is 6.10 Å². The molecule has 1 aromatic rings. The first kappa shape index (κ1) is 23.1. The van der Waals surface area contributed by atoms with Gasteiger partial charge in [0.05, 0.1) is 12.5 Å². The average molecular weight is 427 g/mol. The lowest BCUT2D eigenvalue weighted by Crippen LogP contribution is -2.43. The highest BCUT2D eigenvalue weighted by Gasteiger charge is 2.31. The Bertz CT molecular complexity index is 681. The number of rotatable bonds is 8. The topological polar surface area (TPSA) is 32.8 Å². The van der Waals surface area contributed by atoms with Gasteiger partial charge in [-0.15, -0.1) is 0 Å². The maximum Gasteiger partial charge on any atom is 0.389 e. The number of ether oxygens (including phenoxy) is 1. The molecule has 168 valence electrons. The van der Waals surface area contributed by atoms with Gasteiger partial charge in [0.1, 0.15) is 0 Å². The molecule has 1 amide bonds. The zero-order valence-electron chi connectivity index (χ0n) is 17.8. The van der Waals surface area contributed by atoms with E-state index in [1.165, 1.54) is 11.1 Å². The predicted molar refractivity (Wildman–Crippen MR) is 110 cm³/mol. The molecule has 30 heavy (non-hydrogen) atoms. The van der Waals surface area contributed by atoms with Crippen molar-refractivity contribution in [1.82, 2.24) is 9.80 Å². The molecule has 1 atom stereocenters. The van der Waals surface area contributed by atoms with Crippen molar-refractivity contribution in [2.75, 3.05) is 32.8 Å². The van der Waals surface area contributed by atoms with Gasteiger partial charge < -0.3 is 9.64 Å². The Morgan fingerprint density at radius 2 is 1.90 bits per heavy atom. The maximum atomic E-state index is 12.6. The molecule has 3 rings (SSSR count). The Balaban J connectivity index is 1.51. The summed E-state index contributed by atoms with van der Waals surface area (Å²) in [5.74, 6) is -0.0699. The Labute approximate surface area is 177 Å². The second-order valence-corrected chi connectivity index (χ2v) is 8.69. The molecule has 0 radical (unpaired) electrons. The average Bonchev–Trinajstić information content (AvgIpc) is 3.21. The highest BCUT2D eigenvalue weighted by Crippen LogP contribution is 2.25. The molecule has 2 aliphatic rings. The van der Waals surface area contributed by atoms with Crippen molar-refractivity contribution in [3.05, 3.63) is 35.4 Å². The number of alkyl halides is 3. The molecule has 0 spiro atoms. The van der Waals surface area contributed by atoms with Crippen molar-refractivity contribution < 1.29 is 22.7 Å². The number of amides is 1. The summed E-state index contributed by atoms with van der Waals surface area (Å²) >= 11 is 0. The second kappa shape index (κ2) is 10.6. The molecule has 4 nitrogen and oxygen atoms in total. The molecular weight excluding hydrogens is 393 g/mol. The van der Waals surface area contributed by atoms with E-state index in [1.807, 2.05) is 6.07 Å². The highest BCUT2D eigenvalue weighted by atomic mass is 19.4. The van der Waals surface area contributed by atoms with Gasteiger partial charge in [0.25, 0.3) is 0 Å². The van der Waals surface area contributed by atoms with E-state index in [1.54, 1.807) is 4.90 Å². The number of carbonyl (C=O) groups is 1. The lowest BCUT2D eigenvalue weighted by Gasteiger charge is -2.36. The maximum absolute atomic E-state index is 12.6. The lowest BCUT2D eigenvalue weighted by atomic mass is 9.95. The van der Waals surface area contributed by atoms with Crippen LogP contribution in [0.25, 0.3) is 0 Å². The summed E-state index contributed by atoms with van der Waals surface area (Å²) in [6.07, 6.45) is -2.12. The van der Waals surface area contributed by atoms with Crippen LogP contribution in [-0.4, -0.2) is 60.8 Å². The van der Waals surface area contributed by atoms with Crippen molar-refractivity contribution in [3.8, 4) is 0 Å². The van der Waals surface area contributed by atoms with E-state index in [2.05, 4.69) is 30.0 Å². The summed E-state index contributed by atoms with van der Waals surface area (Å²) < 4.78 is 43.4. The molecule has 2 aliphatic heterocycles. The van der Waals surface area contributed by atoms with Crippen LogP contribution in [0.1, 0.15) is 49.7 Å². The van der Waals surface area contributed by atoms with E-state index in [9.17, 15) is 18.0 Å². The van der Waals surface area contributed by atoms with Gasteiger partial charge >= 0.3 is 6.18 Å². The fourth-order valence-electron chi connectivity index (χ4n) is 4.39. The molecule has 0 bridgehead atoms. The molecule has 2 heterocycles. The van der Waals surface area contributed by atoms with E-state index < -0.39 is 24.9 Å². The van der Waals surface area contributed by atoms with Crippen LogP contribution < -0.4 is 0 Å². The van der Waals surface area contributed by atoms with E-state index in [4.69, 9.17) is 4.74 Å². The highest BCUT2D eigenvalue weighted by molar-refractivity contribution is 5.76. The monoisotopic (exact) mass is 426 g/mol. The predicted octanol–water partition coefficient (Wildman–Crippen LogP) is 4.56. The Kier molecular flexibility index (Phi) is 8.17. The van der Waals surface area contributed by atoms with Crippen molar-refractivity contribution >= 4 is 5.91 Å². The van der Waals surface area contributed by atoms with Crippen LogP contribution >= 0.6 is 0 Å². The lowest BCUT2D eigenvalue weighted by molar-refractivity contribution is -0.150. The Morgan fingerprint density at radius 3 is 2.53 bits per heavy atom. The third-order valence-corrected chi connectivity index (χ3v) is 6.26. The molecule has 0 N–H and O–H groups in total. The molecule has 0 unspecified atom stereocenters. The summed E-state index contributed by atoms with van der Waals surface area (Å²) in [6.45, 7) is 6.57. The summed E-state index contributed by atoms with van der Waals surface area (Å²) in [6, 6.07) is 8.38. The quantitative estimate of drug-likeness (QED) is 0.611. The summed E-state index contributed by atoms with van der Waals surface area (Å²) in [7, 11) is 0. The van der Waals surface area contributed by atoms with Crippen LogP contribution in [0, 0.1) is 12.8 Å². The molecule has 0 saturated carbocycles. The van der Waals surface area contributed by atoms with Gasteiger partial charge in [-0.2, -0.15) is 13.2 Å². The van der Waals surface area contributed by atoms with Gasteiger partial charge in [-0.3, -0.25) is 9.69 Å². The number of piperidine rings is 1. The minimum Gasteiger partial charge on any atom is -0.376 e. The number of nitrogens with zero attached hydrogens (tertiary/aromatic N) is 2. The zero-order chi connectivity index (χ0) is 21.6. The summed E-state index contributed by atoms with van der Waals surface area (Å²) in [4.78, 5) is 16.6. The smallest absolute Gasteiger partial charge is 0.376 e. The van der Waals surface area contributed by atoms with Crippen LogP contribution in [0.3, 0.4) is 0 Å². The molecule has 0 aliphatic carbocycles. The van der Waals surface area contributed by atoms with E-state index in [0.29, 0.717) is 25.6 Å². The SMILES string of the molecule is Cc1ccccc1CN1CCC(CN(C[C@@H]2CCCO2)C(=O)CCC(F)(F)F)CC1. The van der Waals surface area contributed by atoms with Crippen LogP contribution in [0.4, 0.5) is 13.2 Å². The fourth-order valence-corrected chi connectivity index (χ4v) is 4.39. The summed E-state index contributed by atoms with van der Waals surface area (Å²) in [5, 5.41) is 0. The summed E-state index contributed by atoms with van der Waals surface area (Å²) in [5.41, 5.74) is 2.62. The van der Waals surface area contributed by atoms with Gasteiger partial charge in [-0.1, -0.05) is 24.3 Å². The van der Waals surface area contributed by atoms with Crippen molar-refractivity contribution in [3.63, 3.8) is 0 Å². The minimum absolute atomic E-state index is 0.0408. The first-order chi connectivity index (χ1) is 14.3. The molecule has 2 fully saturated rings. The molecule has 1 aromatic carbocycles. The van der Waals surface area contributed by atoms with Crippen molar-refractivity contribution in [2.45, 2.75) is 64.3 Å². The fraction of sp³-hybridized carbons (Fsp3) is 0.696. The number of halogens is 3. The first-order valence-corrected chi connectivity index (χ1v) is 11.0. The van der Waals surface area contributed by atoms with Gasteiger partial charge in [-0.05, 0) is 62.7 Å². The van der Waals surface area contributed by atoms with E-state index in [0.717, 1.165) is 45.3 Å². The molecule has 0 aromatic heterocycles. The number of hydrogen-bond donors (Lipinski definition) is 0.